The molecule has 0 saturated heterocycles. The van der Waals surface area contributed by atoms with Crippen molar-refractivity contribution in [2.75, 3.05) is 32.9 Å². The van der Waals surface area contributed by atoms with Crippen LogP contribution in [0.4, 0.5) is 0 Å². The smallest absolute Gasteiger partial charge is 0.267 e. The zero-order valence-electron chi connectivity index (χ0n) is 37.8. The van der Waals surface area contributed by atoms with Crippen molar-refractivity contribution in [2.45, 2.75) is 120 Å². The third kappa shape index (κ3) is 11.0. The number of aromatic nitrogens is 3. The molecular weight excluding hydrogens is 911 g/mol. The Morgan fingerprint density at radius 3 is 1.22 bits per heavy atom. The molecule has 4 saturated carbocycles. The molecule has 23 heteroatoms. The first-order valence-electron chi connectivity index (χ1n) is 22.7. The Morgan fingerprint density at radius 2 is 0.855 bits per heavy atom. The van der Waals surface area contributed by atoms with Crippen LogP contribution >= 0.6 is 0 Å². The molecule has 10 atom stereocenters. The number of ketones is 2. The number of aliphatic hydroxyl groups is 9. The van der Waals surface area contributed by atoms with Crippen molar-refractivity contribution in [1.82, 2.24) is 19.0 Å². The van der Waals surface area contributed by atoms with Gasteiger partial charge in [0.2, 0.25) is 0 Å². The highest BCUT2D eigenvalue weighted by Gasteiger charge is 2.67. The van der Waals surface area contributed by atoms with Crippen LogP contribution in [0.15, 0.2) is 51.2 Å². The van der Waals surface area contributed by atoms with Gasteiger partial charge in [0, 0.05) is 56.2 Å². The van der Waals surface area contributed by atoms with E-state index in [0.29, 0.717) is 38.5 Å². The van der Waals surface area contributed by atoms with E-state index in [1.807, 2.05) is 0 Å². The molecule has 4 fully saturated rings. The summed E-state index contributed by atoms with van der Waals surface area (Å²) in [6, 6.07) is 2.69. The van der Waals surface area contributed by atoms with E-state index in [-0.39, 0.29) is 38.8 Å². The molecule has 4 aliphatic carbocycles. The van der Waals surface area contributed by atoms with E-state index >= 15 is 0 Å². The van der Waals surface area contributed by atoms with Gasteiger partial charge in [0.15, 0.2) is 27.9 Å². The first-order valence-corrected chi connectivity index (χ1v) is 22.7. The molecule has 12 N–H and O–H groups in total. The summed E-state index contributed by atoms with van der Waals surface area (Å²) >= 11 is 0. The van der Waals surface area contributed by atoms with Crippen LogP contribution in [0.25, 0.3) is 0 Å². The second-order valence-corrected chi connectivity index (χ2v) is 19.8. The van der Waals surface area contributed by atoms with Crippen LogP contribution in [0.2, 0.25) is 0 Å². The van der Waals surface area contributed by atoms with Gasteiger partial charge in [0.1, 0.15) is 24.0 Å². The summed E-state index contributed by atoms with van der Waals surface area (Å²) in [7, 11) is 0. The Bertz CT molecular complexity index is 2290. The molecule has 0 spiro atoms. The standard InChI is InChI=1S/C46H63N5O18/c47-23-45-18-43(6-1-25(55)36-39(66)27(57)3-8-49(36)11-30(60)33(63)14-52)17-44(19-45,7-2-26(56)37-40(67)28(58)4-9-50(37)12-31(61)34(64)15-53)21-46(20-43,22-45)24-48-42(69)38-41(68)29(59)5-10-51(38)13-32(62)35(65)16-54/h3-5,8-10,30-35,52-54,60-68H,1-2,6-7,11-24,47H2,(H,48,69)/p-3/t30?,31?,32?,33?,34?,35?,43-,44+,45?,46?. The second-order valence-electron chi connectivity index (χ2n) is 19.8. The molecule has 380 valence electrons. The quantitative estimate of drug-likeness (QED) is 0.0374. The van der Waals surface area contributed by atoms with Crippen molar-refractivity contribution in [3.05, 3.63) is 84.5 Å². The van der Waals surface area contributed by atoms with Crippen LogP contribution in [-0.2, 0) is 19.6 Å². The van der Waals surface area contributed by atoms with Crippen molar-refractivity contribution in [1.29, 1.82) is 0 Å². The Kier molecular flexibility index (Phi) is 16.1. The third-order valence-corrected chi connectivity index (χ3v) is 14.5. The Balaban J connectivity index is 1.36. The average molecular weight is 971 g/mol. The van der Waals surface area contributed by atoms with Crippen LogP contribution in [0.1, 0.15) is 95.7 Å². The maximum atomic E-state index is 14.2. The minimum Gasteiger partial charge on any atom is -0.868 e. The van der Waals surface area contributed by atoms with E-state index in [0.717, 1.165) is 50.5 Å². The molecule has 1 amide bonds. The highest BCUT2D eigenvalue weighted by atomic mass is 16.4. The molecule has 7 rings (SSSR count). The van der Waals surface area contributed by atoms with Gasteiger partial charge in [-0.3, -0.25) is 28.8 Å². The van der Waals surface area contributed by atoms with E-state index in [4.69, 9.17) is 5.73 Å². The van der Waals surface area contributed by atoms with E-state index in [2.05, 4.69) is 5.32 Å². The van der Waals surface area contributed by atoms with Gasteiger partial charge in [-0.2, -0.15) is 0 Å². The van der Waals surface area contributed by atoms with E-state index < -0.39 is 166 Å². The minimum absolute atomic E-state index is 0.0747. The van der Waals surface area contributed by atoms with Gasteiger partial charge in [-0.1, -0.05) is 0 Å². The monoisotopic (exact) mass is 970 g/mol. The molecule has 0 aliphatic heterocycles. The lowest BCUT2D eigenvalue weighted by atomic mass is 9.34. The number of amides is 1. The number of aliphatic hydroxyl groups excluding tert-OH is 9. The minimum atomic E-state index is -1.65. The van der Waals surface area contributed by atoms with Gasteiger partial charge in [0.25, 0.3) is 5.91 Å². The molecule has 69 heavy (non-hydrogen) atoms. The number of pyridine rings is 3. The molecule has 3 heterocycles. The largest absolute Gasteiger partial charge is 0.868 e. The summed E-state index contributed by atoms with van der Waals surface area (Å²) in [4.78, 5) is 80.2. The summed E-state index contributed by atoms with van der Waals surface area (Å²) in [5, 5.41) is 132. The highest BCUT2D eigenvalue weighted by molar-refractivity contribution is 5.97. The molecule has 23 nitrogen and oxygen atoms in total. The predicted molar refractivity (Wildman–Crippen MR) is 234 cm³/mol. The van der Waals surface area contributed by atoms with Gasteiger partial charge in [0.05, 0.1) is 69.2 Å². The van der Waals surface area contributed by atoms with Crippen LogP contribution in [-0.4, -0.2) is 147 Å². The Hall–Kier alpha value is -5.34. The van der Waals surface area contributed by atoms with Gasteiger partial charge in [-0.05, 0) is 96.8 Å². The van der Waals surface area contributed by atoms with Crippen molar-refractivity contribution >= 4 is 17.5 Å². The number of carbonyl (C=O) groups excluding carboxylic acids is 3. The number of hydrogen-bond donors (Lipinski definition) is 11. The highest BCUT2D eigenvalue weighted by Crippen LogP contribution is 2.75. The first kappa shape index (κ1) is 53.0. The van der Waals surface area contributed by atoms with E-state index in [1.54, 1.807) is 0 Å². The average Bonchev–Trinajstić information content (AvgIpc) is 3.31. The van der Waals surface area contributed by atoms with Crippen LogP contribution in [0.5, 0.6) is 17.2 Å². The number of nitrogens with one attached hydrogen (secondary N) is 1. The van der Waals surface area contributed by atoms with E-state index in [1.165, 1.54) is 0 Å². The molecule has 4 bridgehead atoms. The topological polar surface area (TPSA) is 407 Å². The second kappa shape index (κ2) is 20.9. The maximum Gasteiger partial charge on any atom is 0.267 e. The van der Waals surface area contributed by atoms with Crippen LogP contribution in [0.3, 0.4) is 0 Å². The number of nitrogens with zero attached hydrogens (tertiary/aromatic N) is 3. The lowest BCUT2D eigenvalue weighted by Gasteiger charge is -2.71. The van der Waals surface area contributed by atoms with Crippen molar-refractivity contribution in [2.24, 2.45) is 27.4 Å². The SMILES string of the molecule is NCC12CC3(CNC(=O)c4c([O-])c(=O)ccn4CC(O)C(O)CO)C[C@](CCC(=O)c4c([O-])c(=O)ccn4CC(O)C(O)CO)(C1)C[C@](CCC(=O)c1c([O-])c(=O)ccn1CC(O)C(O)CO)(C2)C3. The summed E-state index contributed by atoms with van der Waals surface area (Å²) < 4.78 is 3.06. The van der Waals surface area contributed by atoms with Crippen molar-refractivity contribution in [3.8, 4) is 17.2 Å². The maximum absolute atomic E-state index is 14.2. The fourth-order valence-electron chi connectivity index (χ4n) is 12.1. The van der Waals surface area contributed by atoms with Crippen molar-refractivity contribution < 1.29 is 75.7 Å². The third-order valence-electron chi connectivity index (χ3n) is 14.5. The lowest BCUT2D eigenvalue weighted by Crippen LogP contribution is -2.65. The number of hydrogen-bond acceptors (Lipinski definition) is 19. The van der Waals surface area contributed by atoms with Gasteiger partial charge in [-0.15, -0.1) is 0 Å². The van der Waals surface area contributed by atoms with Gasteiger partial charge >= 0.3 is 0 Å². The lowest BCUT2D eigenvalue weighted by molar-refractivity contribution is -0.271. The number of carbonyl (C=O) groups is 3. The molecule has 3 aromatic heterocycles. The van der Waals surface area contributed by atoms with Gasteiger partial charge < -0.3 is 86.0 Å². The summed E-state index contributed by atoms with van der Waals surface area (Å²) in [5.74, 6) is -6.07. The molecule has 3 aromatic rings. The van der Waals surface area contributed by atoms with Crippen molar-refractivity contribution in [3.63, 3.8) is 0 Å². The fourth-order valence-corrected chi connectivity index (χ4v) is 12.1. The summed E-state index contributed by atoms with van der Waals surface area (Å²) in [6.45, 7) is -4.19. The molecular formula is C46H60N5O18-3. The summed E-state index contributed by atoms with van der Waals surface area (Å²) in [6.07, 6.45) is -4.76. The Labute approximate surface area is 394 Å². The number of Topliss-reactive ketones (excluding diaryl/α,β-unsaturated/α-hetero) is 2. The summed E-state index contributed by atoms with van der Waals surface area (Å²) in [5.41, 5.74) is -1.46. The zero-order chi connectivity index (χ0) is 50.8. The predicted octanol–water partition coefficient (Wildman–Crippen LogP) is -5.12. The molecule has 0 aromatic carbocycles. The molecule has 4 aliphatic rings. The number of nitrogens with two attached hydrogens (primary N) is 1. The molecule has 8 unspecified atom stereocenters. The van der Waals surface area contributed by atoms with E-state index in [9.17, 15) is 90.0 Å². The Morgan fingerprint density at radius 1 is 0.536 bits per heavy atom. The molecule has 0 radical (unpaired) electrons. The first-order chi connectivity index (χ1) is 32.5. The number of rotatable bonds is 24. The fraction of sp³-hybridized carbons (Fsp3) is 0.609. The van der Waals surface area contributed by atoms with Crippen LogP contribution in [0, 0.1) is 21.7 Å². The van der Waals surface area contributed by atoms with Gasteiger partial charge in [-0.25, -0.2) is 0 Å². The van der Waals surface area contributed by atoms with Crippen LogP contribution < -0.4 is 42.7 Å². The normalized spacial score (nSPS) is 25.4. The zero-order valence-corrected chi connectivity index (χ0v) is 37.8.